The van der Waals surface area contributed by atoms with Gasteiger partial charge in [0.1, 0.15) is 0 Å². The molecule has 0 N–H and O–H groups in total. The van der Waals surface area contributed by atoms with Crippen molar-refractivity contribution in [1.82, 2.24) is 15.0 Å². The zero-order valence-electron chi connectivity index (χ0n) is 37.3. The Bertz CT molecular complexity index is 3910. The summed E-state index contributed by atoms with van der Waals surface area (Å²) in [5.41, 5.74) is 17.4. The highest BCUT2D eigenvalue weighted by Crippen LogP contribution is 2.64. The normalized spacial score (nSPS) is 13.0. The molecule has 322 valence electrons. The van der Waals surface area contributed by atoms with Gasteiger partial charge in [0.25, 0.3) is 0 Å². The van der Waals surface area contributed by atoms with Crippen LogP contribution in [0, 0.1) is 0 Å². The summed E-state index contributed by atoms with van der Waals surface area (Å²) in [5, 5.41) is 2.59. The Morgan fingerprint density at radius 2 is 0.826 bits per heavy atom. The maximum absolute atomic E-state index is 5.43. The van der Waals surface area contributed by atoms with Crippen molar-refractivity contribution in [2.24, 2.45) is 0 Å². The molecule has 2 aromatic heterocycles. The van der Waals surface area contributed by atoms with Gasteiger partial charge in [-0.25, -0.2) is 15.0 Å². The van der Waals surface area contributed by atoms with E-state index in [4.69, 9.17) is 15.0 Å². The number of benzene rings is 10. The minimum absolute atomic E-state index is 0.626. The first-order valence-electron chi connectivity index (χ1n) is 23.4. The number of hydrogen-bond donors (Lipinski definition) is 0. The minimum Gasteiger partial charge on any atom is -0.310 e. The van der Waals surface area contributed by atoms with Crippen LogP contribution in [-0.2, 0) is 5.41 Å². The van der Waals surface area contributed by atoms with Crippen molar-refractivity contribution in [1.29, 1.82) is 0 Å². The van der Waals surface area contributed by atoms with Gasteiger partial charge in [-0.05, 0) is 98.1 Å². The van der Waals surface area contributed by atoms with Gasteiger partial charge in [-0.2, -0.15) is 0 Å². The molecule has 0 saturated heterocycles. The molecular weight excluding hydrogens is 857 g/mol. The van der Waals surface area contributed by atoms with Crippen LogP contribution in [-0.4, -0.2) is 15.0 Å². The Kier molecular flexibility index (Phi) is 8.95. The van der Waals surface area contributed by atoms with E-state index < -0.39 is 5.41 Å². The Balaban J connectivity index is 1.04. The Hall–Kier alpha value is -8.77. The van der Waals surface area contributed by atoms with Crippen LogP contribution in [0.3, 0.4) is 0 Å². The molecule has 0 atom stereocenters. The topological polar surface area (TPSA) is 41.9 Å². The van der Waals surface area contributed by atoms with Gasteiger partial charge in [-0.15, -0.1) is 11.3 Å². The van der Waals surface area contributed by atoms with Gasteiger partial charge in [-0.1, -0.05) is 200 Å². The van der Waals surface area contributed by atoms with Crippen LogP contribution >= 0.6 is 11.3 Å². The number of para-hydroxylation sites is 3. The maximum Gasteiger partial charge on any atom is 0.164 e. The molecule has 10 aromatic carbocycles. The van der Waals surface area contributed by atoms with Crippen LogP contribution in [0.2, 0.25) is 0 Å². The van der Waals surface area contributed by atoms with Gasteiger partial charge < -0.3 is 4.90 Å². The van der Waals surface area contributed by atoms with E-state index in [0.717, 1.165) is 50.4 Å². The molecule has 12 aromatic rings. The minimum atomic E-state index is -0.668. The summed E-state index contributed by atoms with van der Waals surface area (Å²) in [5.74, 6) is 1.89. The predicted octanol–water partition coefficient (Wildman–Crippen LogP) is 16.7. The molecule has 4 nitrogen and oxygen atoms in total. The highest BCUT2D eigenvalue weighted by atomic mass is 32.1. The standard InChI is InChI=1S/C64H40N4S/c1-4-17-41(18-5-1)42-31-33-44(34-32-42)62-65-61(43-19-6-2-7-20-43)66-63(67-62)50-24-16-27-55-60(50)51-39-45(46-35-37-49-48-23-10-15-30-58(48)69-59(49)40-46)36-38-52(51)64(55)53-25-11-13-28-56(53)68(47-21-8-3-9-22-47)57-29-14-12-26-54(57)64/h1-40H. The van der Waals surface area contributed by atoms with Gasteiger partial charge in [0.05, 0.1) is 16.8 Å². The molecule has 0 bridgehead atoms. The van der Waals surface area contributed by atoms with Gasteiger partial charge in [0.2, 0.25) is 0 Å². The molecule has 3 heterocycles. The van der Waals surface area contributed by atoms with Crippen molar-refractivity contribution in [2.45, 2.75) is 5.41 Å². The van der Waals surface area contributed by atoms with Crippen LogP contribution in [0.1, 0.15) is 22.3 Å². The van der Waals surface area contributed by atoms with E-state index in [0.29, 0.717) is 17.5 Å². The molecule has 0 radical (unpaired) electrons. The summed E-state index contributed by atoms with van der Waals surface area (Å²) < 4.78 is 2.59. The van der Waals surface area contributed by atoms with Gasteiger partial charge >= 0.3 is 0 Å². The second-order valence-corrected chi connectivity index (χ2v) is 19.0. The lowest BCUT2D eigenvalue weighted by Crippen LogP contribution is -2.36. The van der Waals surface area contributed by atoms with E-state index in [1.54, 1.807) is 0 Å². The van der Waals surface area contributed by atoms with Crippen LogP contribution in [0.25, 0.3) is 87.7 Å². The summed E-state index contributed by atoms with van der Waals surface area (Å²) in [6.45, 7) is 0. The van der Waals surface area contributed by atoms with Gasteiger partial charge in [0, 0.05) is 42.6 Å². The highest BCUT2D eigenvalue weighted by Gasteiger charge is 2.52. The molecule has 0 unspecified atom stereocenters. The summed E-state index contributed by atoms with van der Waals surface area (Å²) in [6.07, 6.45) is 0. The van der Waals surface area contributed by atoms with Crippen molar-refractivity contribution < 1.29 is 0 Å². The van der Waals surface area contributed by atoms with Crippen molar-refractivity contribution in [3.05, 3.63) is 265 Å². The summed E-state index contributed by atoms with van der Waals surface area (Å²) >= 11 is 1.86. The first kappa shape index (κ1) is 39.4. The number of rotatable bonds is 6. The second-order valence-electron chi connectivity index (χ2n) is 17.9. The number of anilines is 3. The number of fused-ring (bicyclic) bond motifs is 12. The Morgan fingerprint density at radius 3 is 1.55 bits per heavy atom. The fraction of sp³-hybridized carbons (Fsp3) is 0.0156. The quantitative estimate of drug-likeness (QED) is 0.167. The molecule has 2 aliphatic rings. The van der Waals surface area contributed by atoms with Crippen molar-refractivity contribution in [3.63, 3.8) is 0 Å². The van der Waals surface area contributed by atoms with Crippen LogP contribution < -0.4 is 4.90 Å². The molecule has 1 aliphatic heterocycles. The fourth-order valence-corrected chi connectivity index (χ4v) is 12.3. The average molecular weight is 897 g/mol. The second kappa shape index (κ2) is 15.7. The van der Waals surface area contributed by atoms with Crippen LogP contribution in [0.15, 0.2) is 243 Å². The monoisotopic (exact) mass is 896 g/mol. The van der Waals surface area contributed by atoms with Gasteiger partial charge in [0.15, 0.2) is 17.5 Å². The fourth-order valence-electron chi connectivity index (χ4n) is 11.1. The van der Waals surface area contributed by atoms with E-state index in [9.17, 15) is 0 Å². The molecule has 14 rings (SSSR count). The molecule has 0 saturated carbocycles. The molecule has 0 amide bonds. The zero-order chi connectivity index (χ0) is 45.5. The number of aromatic nitrogens is 3. The smallest absolute Gasteiger partial charge is 0.164 e. The number of hydrogen-bond acceptors (Lipinski definition) is 5. The molecule has 1 spiro atoms. The van der Waals surface area contributed by atoms with E-state index in [1.807, 2.05) is 35.6 Å². The van der Waals surface area contributed by atoms with E-state index >= 15 is 0 Å². The Labute approximate surface area is 404 Å². The van der Waals surface area contributed by atoms with Crippen LogP contribution in [0.5, 0.6) is 0 Å². The van der Waals surface area contributed by atoms with E-state index in [-0.39, 0.29) is 0 Å². The van der Waals surface area contributed by atoms with Crippen molar-refractivity contribution in [2.75, 3.05) is 4.90 Å². The predicted molar refractivity (Wildman–Crippen MR) is 285 cm³/mol. The SMILES string of the molecule is c1ccc(-c2ccc(-c3nc(-c4ccccc4)nc(-c4cccc5c4-c4cc(-c6ccc7c(c6)sc6ccccc67)ccc4C54c5ccccc5N(c5ccccc5)c5ccccc54)n3)cc2)cc1. The highest BCUT2D eigenvalue weighted by molar-refractivity contribution is 7.25. The zero-order valence-corrected chi connectivity index (χ0v) is 38.1. The molecular formula is C64H40N4S. The number of nitrogens with zero attached hydrogens (tertiary/aromatic N) is 4. The molecule has 5 heteroatoms. The summed E-state index contributed by atoms with van der Waals surface area (Å²) in [6, 6.07) is 87.6. The lowest BCUT2D eigenvalue weighted by Gasteiger charge is -2.45. The van der Waals surface area contributed by atoms with Crippen molar-refractivity contribution in [3.8, 4) is 67.5 Å². The van der Waals surface area contributed by atoms with E-state index in [2.05, 4.69) is 223 Å². The third-order valence-corrected chi connectivity index (χ3v) is 15.3. The van der Waals surface area contributed by atoms with Crippen LogP contribution in [0.4, 0.5) is 17.1 Å². The maximum atomic E-state index is 5.43. The average Bonchev–Trinajstić information content (AvgIpc) is 3.95. The lowest BCUT2D eigenvalue weighted by atomic mass is 9.64. The first-order valence-corrected chi connectivity index (χ1v) is 24.2. The summed E-state index contributed by atoms with van der Waals surface area (Å²) in [4.78, 5) is 18.4. The third-order valence-electron chi connectivity index (χ3n) is 14.1. The lowest BCUT2D eigenvalue weighted by molar-refractivity contribution is 0.753. The molecule has 0 fully saturated rings. The van der Waals surface area contributed by atoms with Gasteiger partial charge in [-0.3, -0.25) is 0 Å². The Morgan fingerprint density at radius 1 is 0.319 bits per heavy atom. The molecule has 69 heavy (non-hydrogen) atoms. The number of thiophene rings is 1. The summed E-state index contributed by atoms with van der Waals surface area (Å²) in [7, 11) is 0. The third kappa shape index (κ3) is 6.11. The molecule has 1 aliphatic carbocycles. The first-order chi connectivity index (χ1) is 34.2. The largest absolute Gasteiger partial charge is 0.310 e. The van der Waals surface area contributed by atoms with Crippen molar-refractivity contribution >= 4 is 48.6 Å². The van der Waals surface area contributed by atoms with E-state index in [1.165, 1.54) is 59.1 Å².